The molecular weight excluding hydrogens is 226 g/mol. The summed E-state index contributed by atoms with van der Waals surface area (Å²) < 4.78 is 10.6. The number of rotatable bonds is 5. The Hall–Kier alpha value is -1.06. The summed E-state index contributed by atoms with van der Waals surface area (Å²) in [4.78, 5) is 0. The fourth-order valence-corrected chi connectivity index (χ4v) is 2.66. The zero-order chi connectivity index (χ0) is 12.8. The molecule has 2 rings (SSSR count). The maximum absolute atomic E-state index is 5.35. The zero-order valence-corrected chi connectivity index (χ0v) is 11.4. The largest absolute Gasteiger partial charge is 0.496 e. The van der Waals surface area contributed by atoms with Crippen LogP contribution in [0.5, 0.6) is 5.75 Å². The molecule has 1 aromatic rings. The van der Waals surface area contributed by atoms with Gasteiger partial charge in [0, 0.05) is 12.7 Å². The topological polar surface area (TPSA) is 30.5 Å². The Kier molecular flexibility index (Phi) is 5.02. The highest BCUT2D eigenvalue weighted by Crippen LogP contribution is 2.23. The van der Waals surface area contributed by atoms with Gasteiger partial charge in [-0.1, -0.05) is 6.07 Å². The molecule has 0 amide bonds. The van der Waals surface area contributed by atoms with Gasteiger partial charge in [-0.2, -0.15) is 0 Å². The van der Waals surface area contributed by atoms with Crippen molar-refractivity contribution in [2.24, 2.45) is 5.92 Å². The molecule has 0 aromatic heterocycles. The van der Waals surface area contributed by atoms with Gasteiger partial charge in [-0.15, -0.1) is 0 Å². The molecule has 1 heterocycles. The van der Waals surface area contributed by atoms with Crippen LogP contribution in [0.3, 0.4) is 0 Å². The van der Waals surface area contributed by atoms with Crippen molar-refractivity contribution in [3.63, 3.8) is 0 Å². The van der Waals surface area contributed by atoms with Gasteiger partial charge in [0.2, 0.25) is 0 Å². The molecule has 1 aliphatic rings. The van der Waals surface area contributed by atoms with Crippen molar-refractivity contribution in [2.45, 2.75) is 25.9 Å². The number of hydrogen-bond donors (Lipinski definition) is 1. The lowest BCUT2D eigenvalue weighted by Gasteiger charge is -2.23. The first kappa shape index (κ1) is 13.4. The summed E-state index contributed by atoms with van der Waals surface area (Å²) in [5.74, 6) is 1.69. The van der Waals surface area contributed by atoms with E-state index in [4.69, 9.17) is 9.47 Å². The van der Waals surface area contributed by atoms with Crippen molar-refractivity contribution in [3.8, 4) is 5.75 Å². The van der Waals surface area contributed by atoms with E-state index in [-0.39, 0.29) is 0 Å². The van der Waals surface area contributed by atoms with E-state index in [1.165, 1.54) is 24.9 Å². The van der Waals surface area contributed by atoms with Crippen LogP contribution in [-0.2, 0) is 17.8 Å². The van der Waals surface area contributed by atoms with E-state index in [0.717, 1.165) is 30.2 Å². The second-order valence-electron chi connectivity index (χ2n) is 5.00. The molecular formula is C15H23NO2. The summed E-state index contributed by atoms with van der Waals surface area (Å²) in [7, 11) is 3.43. The highest BCUT2D eigenvalue weighted by atomic mass is 16.5. The monoisotopic (exact) mass is 249 g/mol. The van der Waals surface area contributed by atoms with Crippen LogP contribution in [0.2, 0.25) is 0 Å². The van der Waals surface area contributed by atoms with Crippen LogP contribution in [0, 0.1) is 5.92 Å². The SMILES string of the molecule is COCc1cc(CC2CCCNC2)ccc1OC. The third kappa shape index (κ3) is 3.47. The molecule has 1 fully saturated rings. The summed E-state index contributed by atoms with van der Waals surface area (Å²) in [5.41, 5.74) is 2.53. The van der Waals surface area contributed by atoms with Crippen LogP contribution in [0.4, 0.5) is 0 Å². The smallest absolute Gasteiger partial charge is 0.124 e. The lowest BCUT2D eigenvalue weighted by molar-refractivity contribution is 0.181. The van der Waals surface area contributed by atoms with Gasteiger partial charge in [-0.25, -0.2) is 0 Å². The standard InChI is InChI=1S/C15H23NO2/c1-17-11-14-9-12(5-6-15(14)18-2)8-13-4-3-7-16-10-13/h5-6,9,13,16H,3-4,7-8,10-11H2,1-2H3. The first-order valence-electron chi connectivity index (χ1n) is 6.69. The second kappa shape index (κ2) is 6.76. The van der Waals surface area contributed by atoms with Gasteiger partial charge in [0.15, 0.2) is 0 Å². The number of hydrogen-bond acceptors (Lipinski definition) is 3. The quantitative estimate of drug-likeness (QED) is 0.869. The average molecular weight is 249 g/mol. The highest BCUT2D eigenvalue weighted by Gasteiger charge is 2.14. The van der Waals surface area contributed by atoms with E-state index in [0.29, 0.717) is 6.61 Å². The molecule has 1 unspecified atom stereocenters. The number of benzene rings is 1. The van der Waals surface area contributed by atoms with Crippen molar-refractivity contribution in [1.82, 2.24) is 5.32 Å². The molecule has 1 aliphatic heterocycles. The van der Waals surface area contributed by atoms with E-state index in [1.807, 2.05) is 0 Å². The zero-order valence-electron chi connectivity index (χ0n) is 11.4. The minimum atomic E-state index is 0.611. The highest BCUT2D eigenvalue weighted by molar-refractivity contribution is 5.37. The van der Waals surface area contributed by atoms with Gasteiger partial charge >= 0.3 is 0 Å². The first-order valence-corrected chi connectivity index (χ1v) is 6.69. The van der Waals surface area contributed by atoms with Crippen molar-refractivity contribution in [2.75, 3.05) is 27.3 Å². The molecule has 1 saturated heterocycles. The third-order valence-corrected chi connectivity index (χ3v) is 3.57. The van der Waals surface area contributed by atoms with Gasteiger partial charge in [0.1, 0.15) is 5.75 Å². The molecule has 0 saturated carbocycles. The lowest BCUT2D eigenvalue weighted by Crippen LogP contribution is -2.30. The predicted molar refractivity (Wildman–Crippen MR) is 73.0 cm³/mol. The summed E-state index contributed by atoms with van der Waals surface area (Å²) in [5, 5.41) is 3.47. The number of nitrogens with one attached hydrogen (secondary N) is 1. The lowest BCUT2D eigenvalue weighted by atomic mass is 9.91. The third-order valence-electron chi connectivity index (χ3n) is 3.57. The van der Waals surface area contributed by atoms with Crippen LogP contribution in [-0.4, -0.2) is 27.3 Å². The van der Waals surface area contributed by atoms with Crippen molar-refractivity contribution >= 4 is 0 Å². The van der Waals surface area contributed by atoms with E-state index >= 15 is 0 Å². The van der Waals surface area contributed by atoms with Gasteiger partial charge < -0.3 is 14.8 Å². The van der Waals surface area contributed by atoms with E-state index < -0.39 is 0 Å². The average Bonchev–Trinajstić information content (AvgIpc) is 2.41. The summed E-state index contributed by atoms with van der Waals surface area (Å²) >= 11 is 0. The molecule has 0 spiro atoms. The Morgan fingerprint density at radius 3 is 2.89 bits per heavy atom. The van der Waals surface area contributed by atoms with Crippen LogP contribution >= 0.6 is 0 Å². The van der Waals surface area contributed by atoms with Gasteiger partial charge in [-0.05, 0) is 56.0 Å². The summed E-state index contributed by atoms with van der Waals surface area (Å²) in [6.45, 7) is 2.93. The molecule has 100 valence electrons. The second-order valence-corrected chi connectivity index (χ2v) is 5.00. The molecule has 0 radical (unpaired) electrons. The molecule has 3 nitrogen and oxygen atoms in total. The maximum atomic E-state index is 5.35. The fourth-order valence-electron chi connectivity index (χ4n) is 2.66. The number of methoxy groups -OCH3 is 2. The molecule has 0 aliphatic carbocycles. The Labute approximate surface area is 109 Å². The Morgan fingerprint density at radius 1 is 1.33 bits per heavy atom. The van der Waals surface area contributed by atoms with Gasteiger partial charge in [-0.3, -0.25) is 0 Å². The Balaban J connectivity index is 2.05. The van der Waals surface area contributed by atoms with Crippen molar-refractivity contribution < 1.29 is 9.47 Å². The molecule has 1 N–H and O–H groups in total. The first-order chi connectivity index (χ1) is 8.83. The molecule has 1 atom stereocenters. The molecule has 3 heteroatoms. The predicted octanol–water partition coefficient (Wildman–Crippen LogP) is 2.38. The van der Waals surface area contributed by atoms with Crippen LogP contribution in [0.1, 0.15) is 24.0 Å². The number of piperidine rings is 1. The van der Waals surface area contributed by atoms with Crippen LogP contribution < -0.4 is 10.1 Å². The van der Waals surface area contributed by atoms with E-state index in [1.54, 1.807) is 14.2 Å². The molecule has 0 bridgehead atoms. The van der Waals surface area contributed by atoms with Crippen molar-refractivity contribution in [1.29, 1.82) is 0 Å². The molecule has 18 heavy (non-hydrogen) atoms. The van der Waals surface area contributed by atoms with Gasteiger partial charge in [0.25, 0.3) is 0 Å². The minimum Gasteiger partial charge on any atom is -0.496 e. The summed E-state index contributed by atoms with van der Waals surface area (Å²) in [6.07, 6.45) is 3.78. The van der Waals surface area contributed by atoms with E-state index in [2.05, 4.69) is 23.5 Å². The normalized spacial score (nSPS) is 19.8. The fraction of sp³-hybridized carbons (Fsp3) is 0.600. The molecule has 1 aromatic carbocycles. The van der Waals surface area contributed by atoms with Gasteiger partial charge in [0.05, 0.1) is 13.7 Å². The van der Waals surface area contributed by atoms with E-state index in [9.17, 15) is 0 Å². The van der Waals surface area contributed by atoms with Crippen molar-refractivity contribution in [3.05, 3.63) is 29.3 Å². The minimum absolute atomic E-state index is 0.611. The Bertz CT molecular complexity index is 373. The van der Waals surface area contributed by atoms with Crippen LogP contribution in [0.25, 0.3) is 0 Å². The maximum Gasteiger partial charge on any atom is 0.124 e. The Morgan fingerprint density at radius 2 is 2.22 bits per heavy atom. The summed E-state index contributed by atoms with van der Waals surface area (Å²) in [6, 6.07) is 6.45. The van der Waals surface area contributed by atoms with Crippen LogP contribution in [0.15, 0.2) is 18.2 Å². The number of ether oxygens (including phenoxy) is 2.